The lowest BCUT2D eigenvalue weighted by Gasteiger charge is -2.20. The number of hydrogen-bond donors (Lipinski definition) is 10. The number of nitrogens with zero attached hydrogens (tertiary/aromatic N) is 13. The van der Waals surface area contributed by atoms with Gasteiger partial charge in [0.25, 0.3) is 5.91 Å². The van der Waals surface area contributed by atoms with Crippen LogP contribution in [0.15, 0.2) is 228 Å². The average Bonchev–Trinajstić information content (AvgIpc) is 1.67. The second kappa shape index (κ2) is 35.3. The Balaban J connectivity index is 0.0000000968. The lowest BCUT2D eigenvalue weighted by atomic mass is 10.1. The molecule has 632 valence electrons. The molecule has 0 aliphatic heterocycles. The maximum absolute atomic E-state index is 12.2. The summed E-state index contributed by atoms with van der Waals surface area (Å²) >= 11 is 15.0. The maximum Gasteiger partial charge on any atom is 0.253 e. The number of fused-ring (bicyclic) bond motifs is 15. The standard InChI is InChI=1S/C21H17N5S.C20H14ClN5S.C20H19N5S.C18H17N5S.C18H19N3OS/c1-13(14-6-3-2-4-7-14)24-21-17-10-11-27-19(17)15-8-5-9-16(18(15)25-21)20-22-12-23-26-20;21-16-7-2-1-4-12(16)10-22-19-15-8-9-27-18(15)13-5-3-6-14(17(13)25-19)20-23-11-24-26-20;1-2-13-17(14(3-1)19-21-10-22-25-19)24-20(15-8-9-26-18(13)15)23-16(11-4-5-11)12-6-7-12;1-10(11-5-6-11)21-18-14-7-8-24-16(14)12-3-2-4-13(15(12)22-18)17-19-9-20-23-17;1-10(11-6-7-11)20-17-14-8-9-23-16(14)12-4-3-5-13(15(12)21-17)18(22)19-2/h2-13H,1H3,(H,24,25)(H,22,23,26);1-9,11H,10H2,(H,22,25)(H,23,24,26);1-3,8-12,16H,4-7H2,(H,23,24)(H,21,22,25);2-4,7-11H,5-6H2,1H3,(H,21,22)(H,19,20,23);3-5,8-11H,6-7H2,1-2H3,(H,19,22)(H,20,21). The van der Waals surface area contributed by atoms with Crippen LogP contribution >= 0.6 is 68.3 Å². The van der Waals surface area contributed by atoms with Gasteiger partial charge in [-0.3, -0.25) is 25.2 Å². The molecule has 21 aromatic rings. The summed E-state index contributed by atoms with van der Waals surface area (Å²) in [7, 11) is 1.65. The summed E-state index contributed by atoms with van der Waals surface area (Å²) in [6.07, 6.45) is 16.8. The van der Waals surface area contributed by atoms with Crippen LogP contribution in [-0.2, 0) is 6.54 Å². The molecule has 14 aromatic heterocycles. The third-order valence-corrected chi connectivity index (χ3v) is 29.4. The molecule has 4 fully saturated rings. The van der Waals surface area contributed by atoms with Gasteiger partial charge in [0, 0.05) is 142 Å². The first-order valence-electron chi connectivity index (χ1n) is 42.7. The van der Waals surface area contributed by atoms with Crippen LogP contribution in [0.2, 0.25) is 5.02 Å². The monoisotopic (exact) mass is 1780 g/mol. The quantitative estimate of drug-likeness (QED) is 0.0319. The lowest BCUT2D eigenvalue weighted by Crippen LogP contribution is -2.24. The van der Waals surface area contributed by atoms with Crippen LogP contribution in [0.4, 0.5) is 29.1 Å². The van der Waals surface area contributed by atoms with E-state index in [-0.39, 0.29) is 11.9 Å². The van der Waals surface area contributed by atoms with Crippen molar-refractivity contribution in [1.29, 1.82) is 0 Å². The topological polar surface area (TPSA) is 320 Å². The van der Waals surface area contributed by atoms with E-state index in [0.717, 1.165) is 163 Å². The molecule has 1 amide bonds. The SMILES string of the molecule is CC(Nc1nc2c(-c3ncn[nH]3)cccc2c2sccc12)C1CC1.CC(Nc1nc2c(-c3ncn[nH]3)cccc2c2sccc12)c1ccccc1.CNC(=O)c1cccc2c1nc(NC(C)C1CC1)c1ccsc12.Clc1ccccc1CNc1nc2c(-c3ncn[nH]3)cccc2c2sccc12.c1cc(-c2ncn[nH]2)c2nc(NC(C3CC3)C3CC3)c3ccsc3c2c1. The van der Waals surface area contributed by atoms with Gasteiger partial charge in [-0.15, -0.1) is 56.7 Å². The van der Waals surface area contributed by atoms with Crippen molar-refractivity contribution in [3.63, 3.8) is 0 Å². The summed E-state index contributed by atoms with van der Waals surface area (Å²) in [5.41, 5.74) is 11.3. The largest absolute Gasteiger partial charge is 0.367 e. The van der Waals surface area contributed by atoms with Crippen molar-refractivity contribution in [2.45, 2.75) is 103 Å². The molecule has 4 saturated carbocycles. The van der Waals surface area contributed by atoms with E-state index in [0.29, 0.717) is 36.1 Å². The Bertz CT molecular complexity index is 7510. The Morgan fingerprint density at radius 1 is 0.370 bits per heavy atom. The number of hydrogen-bond acceptors (Lipinski definition) is 24. The van der Waals surface area contributed by atoms with Crippen LogP contribution in [0.3, 0.4) is 0 Å². The third kappa shape index (κ3) is 16.6. The summed E-state index contributed by atoms with van der Waals surface area (Å²) < 4.78 is 6.18. The van der Waals surface area contributed by atoms with Gasteiger partial charge in [0.15, 0.2) is 23.3 Å². The summed E-state index contributed by atoms with van der Waals surface area (Å²) in [6, 6.07) is 61.2. The van der Waals surface area contributed by atoms with Gasteiger partial charge in [-0.25, -0.2) is 44.9 Å². The fourth-order valence-corrected chi connectivity index (χ4v) is 21.8. The summed E-state index contributed by atoms with van der Waals surface area (Å²) in [5.74, 6) is 10.7. The van der Waals surface area contributed by atoms with E-state index in [9.17, 15) is 4.79 Å². The zero-order chi connectivity index (χ0) is 85.6. The highest BCUT2D eigenvalue weighted by molar-refractivity contribution is 7.19. The summed E-state index contributed by atoms with van der Waals surface area (Å²) in [5, 5.41) is 71.4. The van der Waals surface area contributed by atoms with E-state index in [1.807, 2.05) is 78.9 Å². The highest BCUT2D eigenvalue weighted by Gasteiger charge is 2.42. The second-order valence-corrected chi connectivity index (χ2v) is 37.6. The second-order valence-electron chi connectivity index (χ2n) is 32.7. The molecule has 0 radical (unpaired) electrons. The third-order valence-electron chi connectivity index (χ3n) is 24.3. The fraction of sp³-hybridized carbons (Fsp3) is 0.216. The van der Waals surface area contributed by atoms with Crippen molar-refractivity contribution in [1.82, 2.24) is 91.0 Å². The first kappa shape index (κ1) is 80.8. The Labute approximate surface area is 753 Å². The molecule has 4 aliphatic carbocycles. The van der Waals surface area contributed by atoms with E-state index in [1.54, 1.807) is 70.1 Å². The van der Waals surface area contributed by atoms with Crippen LogP contribution in [0, 0.1) is 23.7 Å². The van der Waals surface area contributed by atoms with Gasteiger partial charge in [0.1, 0.15) is 54.4 Å². The number of benzene rings is 7. The Kier molecular flexibility index (Phi) is 22.4. The molecule has 3 atom stereocenters. The number of pyridine rings is 5. The summed E-state index contributed by atoms with van der Waals surface area (Å²) in [4.78, 5) is 54.3. The number of para-hydroxylation sites is 5. The number of halogens is 1. The molecule has 14 heterocycles. The van der Waals surface area contributed by atoms with E-state index in [2.05, 4.69) is 237 Å². The van der Waals surface area contributed by atoms with Crippen LogP contribution < -0.4 is 31.9 Å². The molecule has 0 saturated heterocycles. The maximum atomic E-state index is 12.2. The molecule has 3 unspecified atom stereocenters. The van der Waals surface area contributed by atoms with Crippen molar-refractivity contribution in [2.24, 2.45) is 23.7 Å². The number of rotatable bonds is 21. The number of anilines is 5. The number of amides is 1. The molecule has 127 heavy (non-hydrogen) atoms. The van der Waals surface area contributed by atoms with E-state index >= 15 is 0 Å². The lowest BCUT2D eigenvalue weighted by molar-refractivity contribution is 0.0964. The van der Waals surface area contributed by atoms with Crippen LogP contribution in [0.25, 0.3) is 150 Å². The van der Waals surface area contributed by atoms with E-state index in [1.165, 1.54) is 121 Å². The minimum Gasteiger partial charge on any atom is -0.367 e. The normalized spacial score (nSPS) is 14.5. The van der Waals surface area contributed by atoms with Crippen molar-refractivity contribution in [2.75, 3.05) is 33.6 Å². The van der Waals surface area contributed by atoms with Gasteiger partial charge in [-0.05, 0) is 201 Å². The molecule has 4 aliphatic rings. The van der Waals surface area contributed by atoms with Crippen LogP contribution in [-0.4, -0.2) is 117 Å². The zero-order valence-corrected chi connectivity index (χ0v) is 74.4. The highest BCUT2D eigenvalue weighted by Crippen LogP contribution is 2.49. The Hall–Kier alpha value is -13.3. The molecule has 24 nitrogen and oxygen atoms in total. The van der Waals surface area contributed by atoms with Crippen molar-refractivity contribution in [3.05, 3.63) is 250 Å². The van der Waals surface area contributed by atoms with Gasteiger partial charge in [-0.1, -0.05) is 121 Å². The highest BCUT2D eigenvalue weighted by atomic mass is 35.5. The minimum atomic E-state index is -0.0970. The molecule has 30 heteroatoms. The number of aromatic amines is 4. The number of thiophene rings is 5. The summed E-state index contributed by atoms with van der Waals surface area (Å²) in [6.45, 7) is 7.23. The number of aromatic nitrogens is 17. The fourth-order valence-electron chi connectivity index (χ4n) is 17.0. The molecule has 0 spiro atoms. The molecular formula is C97H86ClN23OS5. The zero-order valence-electron chi connectivity index (χ0n) is 69.6. The van der Waals surface area contributed by atoms with Gasteiger partial charge in [0.05, 0.1) is 33.1 Å². The Morgan fingerprint density at radius 2 is 0.709 bits per heavy atom. The van der Waals surface area contributed by atoms with Crippen LogP contribution in [0.1, 0.15) is 99.7 Å². The smallest absolute Gasteiger partial charge is 0.253 e. The number of H-pyrrole nitrogens is 4. The number of nitrogens with one attached hydrogen (secondary N) is 10. The van der Waals surface area contributed by atoms with Gasteiger partial charge in [0.2, 0.25) is 0 Å². The molecular weight excluding hydrogens is 1700 g/mol. The molecule has 0 bridgehead atoms. The van der Waals surface area contributed by atoms with Gasteiger partial charge < -0.3 is 31.9 Å². The van der Waals surface area contributed by atoms with Gasteiger partial charge >= 0.3 is 0 Å². The predicted molar refractivity (Wildman–Crippen MR) is 522 cm³/mol. The first-order chi connectivity index (χ1) is 62.5. The molecule has 25 rings (SSSR count). The van der Waals surface area contributed by atoms with Gasteiger partial charge in [-0.2, -0.15) is 20.4 Å². The average molecular weight is 1790 g/mol. The van der Waals surface area contributed by atoms with Crippen molar-refractivity contribution >= 4 is 208 Å². The van der Waals surface area contributed by atoms with Crippen LogP contribution in [0.5, 0.6) is 0 Å². The number of carbonyl (C=O) groups is 1. The molecule has 7 aromatic carbocycles. The number of carbonyl (C=O) groups excluding carboxylic acids is 1. The minimum absolute atomic E-state index is 0.0970. The van der Waals surface area contributed by atoms with Crippen molar-refractivity contribution < 1.29 is 4.79 Å². The predicted octanol–water partition coefficient (Wildman–Crippen LogP) is 24.2. The first-order valence-corrected chi connectivity index (χ1v) is 47.5. The molecule has 10 N–H and O–H groups in total. The van der Waals surface area contributed by atoms with E-state index < -0.39 is 0 Å². The Morgan fingerprint density at radius 3 is 1.08 bits per heavy atom. The van der Waals surface area contributed by atoms with Crippen molar-refractivity contribution in [3.8, 4) is 45.6 Å². The van der Waals surface area contributed by atoms with E-state index in [4.69, 9.17) is 36.5 Å².